The molecule has 0 bridgehead atoms. The summed E-state index contributed by atoms with van der Waals surface area (Å²) in [6.45, 7) is 1.49. The Bertz CT molecular complexity index is 1020. The zero-order valence-corrected chi connectivity index (χ0v) is 19.6. The average Bonchev–Trinajstić information content (AvgIpc) is 2.77. The Hall–Kier alpha value is -1.89. The van der Waals surface area contributed by atoms with Gasteiger partial charge in [0.15, 0.2) is 11.5 Å². The number of methoxy groups -OCH3 is 2. The third kappa shape index (κ3) is 5.13. The first kappa shape index (κ1) is 23.8. The zero-order valence-electron chi connectivity index (χ0n) is 18.0. The molecule has 0 N–H and O–H groups in total. The van der Waals surface area contributed by atoms with Crippen molar-refractivity contribution in [1.29, 1.82) is 0 Å². The van der Waals surface area contributed by atoms with Crippen LogP contribution in [0.3, 0.4) is 0 Å². The van der Waals surface area contributed by atoms with Gasteiger partial charge in [0.05, 0.1) is 31.3 Å². The van der Waals surface area contributed by atoms with Crippen molar-refractivity contribution in [2.24, 2.45) is 5.92 Å². The molecule has 2 heterocycles. The van der Waals surface area contributed by atoms with Crippen LogP contribution >= 0.6 is 0 Å². The second-order valence-corrected chi connectivity index (χ2v) is 11.6. The van der Waals surface area contributed by atoms with Crippen molar-refractivity contribution >= 4 is 26.0 Å². The van der Waals surface area contributed by atoms with Gasteiger partial charge in [0.25, 0.3) is 0 Å². The van der Waals surface area contributed by atoms with E-state index in [0.717, 1.165) is 6.26 Å². The van der Waals surface area contributed by atoms with E-state index < -0.39 is 26.0 Å². The molecule has 10 nitrogen and oxygen atoms in total. The third-order valence-corrected chi connectivity index (χ3v) is 8.91. The van der Waals surface area contributed by atoms with Crippen molar-refractivity contribution in [2.75, 3.05) is 59.7 Å². The molecule has 0 aliphatic carbocycles. The van der Waals surface area contributed by atoms with Crippen molar-refractivity contribution in [3.05, 3.63) is 18.2 Å². The number of rotatable bonds is 6. The van der Waals surface area contributed by atoms with Gasteiger partial charge in [0.2, 0.25) is 26.0 Å². The summed E-state index contributed by atoms with van der Waals surface area (Å²) in [5.41, 5.74) is 0. The molecule has 1 atom stereocenters. The minimum absolute atomic E-state index is 0.0981. The van der Waals surface area contributed by atoms with Gasteiger partial charge in [-0.05, 0) is 25.0 Å². The standard InChI is InChI=1S/C19H29N3O7S2/c1-28-17-7-6-16(13-18(17)29-2)31(26,27)21-11-9-20(10-12-21)19(23)15-5-4-8-22(14-15)30(3,24)25/h6-7,13,15H,4-5,8-12,14H2,1-3H3. The topological polar surface area (TPSA) is 114 Å². The molecule has 2 saturated heterocycles. The van der Waals surface area contributed by atoms with E-state index in [9.17, 15) is 21.6 Å². The number of piperidine rings is 1. The molecule has 12 heteroatoms. The summed E-state index contributed by atoms with van der Waals surface area (Å²) in [5, 5.41) is 0. The highest BCUT2D eigenvalue weighted by molar-refractivity contribution is 7.89. The van der Waals surface area contributed by atoms with E-state index in [1.807, 2.05) is 0 Å². The van der Waals surface area contributed by atoms with Crippen LogP contribution in [0.15, 0.2) is 23.1 Å². The molecule has 3 rings (SSSR count). The van der Waals surface area contributed by atoms with Crippen molar-refractivity contribution in [3.8, 4) is 11.5 Å². The molecule has 1 unspecified atom stereocenters. The highest BCUT2D eigenvalue weighted by Crippen LogP contribution is 2.31. The number of carbonyl (C=O) groups is 1. The molecule has 2 aliphatic heterocycles. The second kappa shape index (κ2) is 9.31. The average molecular weight is 476 g/mol. The number of amides is 1. The van der Waals surface area contributed by atoms with E-state index in [0.29, 0.717) is 30.9 Å². The number of carbonyl (C=O) groups excluding carboxylic acids is 1. The highest BCUT2D eigenvalue weighted by Gasteiger charge is 2.36. The maximum absolute atomic E-state index is 13.0. The number of piperazine rings is 1. The van der Waals surface area contributed by atoms with Gasteiger partial charge in [-0.1, -0.05) is 0 Å². The lowest BCUT2D eigenvalue weighted by Crippen LogP contribution is -2.53. The highest BCUT2D eigenvalue weighted by atomic mass is 32.2. The molecule has 1 aromatic carbocycles. The van der Waals surface area contributed by atoms with E-state index >= 15 is 0 Å². The molecule has 0 saturated carbocycles. The van der Waals surface area contributed by atoms with Gasteiger partial charge >= 0.3 is 0 Å². The molecule has 0 aromatic heterocycles. The van der Waals surface area contributed by atoms with Crippen molar-refractivity contribution in [3.63, 3.8) is 0 Å². The summed E-state index contributed by atoms with van der Waals surface area (Å²) in [6, 6.07) is 4.44. The Labute approximate surface area is 183 Å². The molecule has 0 radical (unpaired) electrons. The maximum Gasteiger partial charge on any atom is 0.243 e. The second-order valence-electron chi connectivity index (χ2n) is 7.71. The SMILES string of the molecule is COc1ccc(S(=O)(=O)N2CCN(C(=O)C3CCCN(S(C)(=O)=O)C3)CC2)cc1OC. The maximum atomic E-state index is 13.0. The predicted molar refractivity (Wildman–Crippen MR) is 114 cm³/mol. The van der Waals surface area contributed by atoms with Gasteiger partial charge in [-0.2, -0.15) is 4.31 Å². The molecule has 2 aliphatic rings. The minimum Gasteiger partial charge on any atom is -0.493 e. The molecule has 1 aromatic rings. The fourth-order valence-electron chi connectivity index (χ4n) is 3.98. The number of ether oxygens (including phenoxy) is 2. The Kier molecular flexibility index (Phi) is 7.14. The first-order chi connectivity index (χ1) is 14.6. The van der Waals surface area contributed by atoms with Crippen LogP contribution in [0.1, 0.15) is 12.8 Å². The van der Waals surface area contributed by atoms with Crippen LogP contribution < -0.4 is 9.47 Å². The van der Waals surface area contributed by atoms with Crippen LogP contribution in [0, 0.1) is 5.92 Å². The smallest absolute Gasteiger partial charge is 0.243 e. The Morgan fingerprint density at radius 2 is 1.58 bits per heavy atom. The Balaban J connectivity index is 1.65. The Morgan fingerprint density at radius 1 is 0.935 bits per heavy atom. The van der Waals surface area contributed by atoms with Gasteiger partial charge in [0, 0.05) is 45.3 Å². The Morgan fingerprint density at radius 3 is 2.16 bits per heavy atom. The van der Waals surface area contributed by atoms with Crippen LogP contribution in [0.2, 0.25) is 0 Å². The largest absolute Gasteiger partial charge is 0.493 e. The lowest BCUT2D eigenvalue weighted by Gasteiger charge is -2.38. The van der Waals surface area contributed by atoms with E-state index in [2.05, 4.69) is 0 Å². The zero-order chi connectivity index (χ0) is 22.8. The molecule has 1 amide bonds. The molecule has 31 heavy (non-hydrogen) atoms. The van der Waals surface area contributed by atoms with E-state index in [-0.39, 0.29) is 43.5 Å². The van der Waals surface area contributed by atoms with Crippen molar-refractivity contribution in [1.82, 2.24) is 13.5 Å². The summed E-state index contributed by atoms with van der Waals surface area (Å²) in [7, 11) is -4.17. The van der Waals surface area contributed by atoms with Crippen LogP contribution in [0.5, 0.6) is 11.5 Å². The number of sulfonamides is 2. The van der Waals surface area contributed by atoms with Crippen LogP contribution in [0.4, 0.5) is 0 Å². The molecular weight excluding hydrogens is 446 g/mol. The van der Waals surface area contributed by atoms with Crippen LogP contribution in [0.25, 0.3) is 0 Å². The molecule has 174 valence electrons. The summed E-state index contributed by atoms with van der Waals surface area (Å²) in [5.74, 6) is 0.256. The van der Waals surface area contributed by atoms with Crippen molar-refractivity contribution in [2.45, 2.75) is 17.7 Å². The quantitative estimate of drug-likeness (QED) is 0.578. The van der Waals surface area contributed by atoms with Gasteiger partial charge in [-0.25, -0.2) is 21.1 Å². The van der Waals surface area contributed by atoms with E-state index in [4.69, 9.17) is 9.47 Å². The lowest BCUT2D eigenvalue weighted by atomic mass is 9.98. The van der Waals surface area contributed by atoms with Gasteiger partial charge < -0.3 is 14.4 Å². The van der Waals surface area contributed by atoms with Gasteiger partial charge in [-0.3, -0.25) is 4.79 Å². The van der Waals surface area contributed by atoms with Crippen LogP contribution in [-0.2, 0) is 24.8 Å². The van der Waals surface area contributed by atoms with Gasteiger partial charge in [0.1, 0.15) is 0 Å². The van der Waals surface area contributed by atoms with E-state index in [1.54, 1.807) is 11.0 Å². The predicted octanol–water partition coefficient (Wildman–Crippen LogP) is 0.208. The van der Waals surface area contributed by atoms with Gasteiger partial charge in [-0.15, -0.1) is 0 Å². The summed E-state index contributed by atoms with van der Waals surface area (Å²) < 4.78 is 62.8. The number of hydrogen-bond donors (Lipinski definition) is 0. The van der Waals surface area contributed by atoms with Crippen molar-refractivity contribution < 1.29 is 31.1 Å². The normalized spacial score (nSPS) is 21.6. The fourth-order valence-corrected chi connectivity index (χ4v) is 6.33. The summed E-state index contributed by atoms with van der Waals surface area (Å²) >= 11 is 0. The summed E-state index contributed by atoms with van der Waals surface area (Å²) in [6.07, 6.45) is 2.42. The third-order valence-electron chi connectivity index (χ3n) is 5.75. The first-order valence-electron chi connectivity index (χ1n) is 10.0. The minimum atomic E-state index is -3.75. The van der Waals surface area contributed by atoms with Crippen LogP contribution in [-0.4, -0.2) is 96.0 Å². The number of benzene rings is 1. The first-order valence-corrected chi connectivity index (χ1v) is 13.3. The monoisotopic (exact) mass is 475 g/mol. The van der Waals surface area contributed by atoms with E-state index in [1.165, 1.54) is 35.0 Å². The summed E-state index contributed by atoms with van der Waals surface area (Å²) in [4.78, 5) is 14.6. The lowest BCUT2D eigenvalue weighted by molar-refractivity contribution is -0.137. The number of hydrogen-bond acceptors (Lipinski definition) is 7. The molecule has 2 fully saturated rings. The molecular formula is C19H29N3O7S2. The number of nitrogens with zero attached hydrogens (tertiary/aromatic N) is 3. The molecule has 0 spiro atoms. The fraction of sp³-hybridized carbons (Fsp3) is 0.632.